The molecule has 9 heteroatoms. The van der Waals surface area contributed by atoms with Gasteiger partial charge in [0, 0.05) is 44.3 Å². The van der Waals surface area contributed by atoms with Crippen molar-refractivity contribution in [2.24, 2.45) is 17.8 Å². The van der Waals surface area contributed by atoms with Crippen LogP contribution in [0.4, 0.5) is 0 Å². The second-order valence-electron chi connectivity index (χ2n) is 9.38. The minimum Gasteiger partial charge on any atom is -0.462 e. The molecule has 1 fully saturated rings. The molecule has 4 unspecified atom stereocenters. The third-order valence-electron chi connectivity index (χ3n) is 6.34. The molecule has 190 valence electrons. The van der Waals surface area contributed by atoms with Gasteiger partial charge in [0.2, 0.25) is 0 Å². The van der Waals surface area contributed by atoms with Crippen molar-refractivity contribution in [1.29, 1.82) is 0 Å². The lowest BCUT2D eigenvalue weighted by atomic mass is 9.63. The minimum absolute atomic E-state index is 0.172. The molecule has 1 saturated carbocycles. The first kappa shape index (κ1) is 26.2. The fraction of sp³-hybridized carbons (Fsp3) is 0.538. The van der Waals surface area contributed by atoms with Crippen LogP contribution in [0.1, 0.15) is 48.0 Å². The summed E-state index contributed by atoms with van der Waals surface area (Å²) in [7, 11) is 0. The number of carbonyl (C=O) groups is 4. The third kappa shape index (κ3) is 5.83. The van der Waals surface area contributed by atoms with E-state index in [2.05, 4.69) is 6.58 Å². The summed E-state index contributed by atoms with van der Waals surface area (Å²) in [5, 5.41) is 0. The highest BCUT2D eigenvalue weighted by Crippen LogP contribution is 2.51. The van der Waals surface area contributed by atoms with E-state index in [1.807, 2.05) is 20.8 Å². The van der Waals surface area contributed by atoms with Gasteiger partial charge in [-0.05, 0) is 38.8 Å². The summed E-state index contributed by atoms with van der Waals surface area (Å²) in [6.07, 6.45) is 1.55. The van der Waals surface area contributed by atoms with E-state index in [-0.39, 0.29) is 11.8 Å². The van der Waals surface area contributed by atoms with Gasteiger partial charge in [0.1, 0.15) is 6.10 Å². The molecule has 0 amide bonds. The monoisotopic (exact) mass is 488 g/mol. The Morgan fingerprint density at radius 1 is 1.06 bits per heavy atom. The van der Waals surface area contributed by atoms with Crippen molar-refractivity contribution in [3.63, 3.8) is 0 Å². The van der Waals surface area contributed by atoms with Crippen LogP contribution in [0.15, 0.2) is 47.3 Å². The van der Waals surface area contributed by atoms with Gasteiger partial charge in [0.25, 0.3) is 6.29 Å². The summed E-state index contributed by atoms with van der Waals surface area (Å²) >= 11 is 0. The molecule has 7 atom stereocenters. The van der Waals surface area contributed by atoms with Crippen molar-refractivity contribution in [1.82, 2.24) is 0 Å². The molecule has 0 bridgehead atoms. The van der Waals surface area contributed by atoms with E-state index >= 15 is 0 Å². The molecular weight excluding hydrogens is 456 g/mol. The minimum atomic E-state index is -1.01. The fourth-order valence-corrected chi connectivity index (χ4v) is 5.06. The number of rotatable bonds is 6. The van der Waals surface area contributed by atoms with Gasteiger partial charge in [-0.1, -0.05) is 17.7 Å². The molecule has 9 nitrogen and oxygen atoms in total. The average molecular weight is 489 g/mol. The van der Waals surface area contributed by atoms with Crippen LogP contribution in [0.25, 0.3) is 0 Å². The quantitative estimate of drug-likeness (QED) is 0.315. The van der Waals surface area contributed by atoms with Gasteiger partial charge < -0.3 is 23.7 Å². The molecule has 0 radical (unpaired) electrons. The first-order valence-electron chi connectivity index (χ1n) is 11.5. The Bertz CT molecular complexity index is 1010. The van der Waals surface area contributed by atoms with Gasteiger partial charge in [-0.25, -0.2) is 4.79 Å². The molecule has 0 aromatic carbocycles. The van der Waals surface area contributed by atoms with E-state index in [4.69, 9.17) is 23.7 Å². The number of fused-ring (bicyclic) bond motifs is 2. The van der Waals surface area contributed by atoms with Crippen molar-refractivity contribution in [3.05, 3.63) is 47.3 Å². The molecule has 0 saturated heterocycles. The maximum atomic E-state index is 12.1. The van der Waals surface area contributed by atoms with Crippen LogP contribution in [0.2, 0.25) is 0 Å². The van der Waals surface area contributed by atoms with Gasteiger partial charge in [0.05, 0.1) is 12.2 Å². The van der Waals surface area contributed by atoms with E-state index in [0.29, 0.717) is 17.6 Å². The Kier molecular flexibility index (Phi) is 7.87. The molecule has 0 N–H and O–H groups in total. The third-order valence-corrected chi connectivity index (χ3v) is 6.34. The highest BCUT2D eigenvalue weighted by Gasteiger charge is 2.53. The van der Waals surface area contributed by atoms with E-state index in [1.165, 1.54) is 33.1 Å². The molecule has 35 heavy (non-hydrogen) atoms. The predicted octanol–water partition coefficient (Wildman–Crippen LogP) is 3.30. The second-order valence-corrected chi connectivity index (χ2v) is 9.38. The Balaban J connectivity index is 2.11. The molecule has 3 rings (SSSR count). The van der Waals surface area contributed by atoms with Crippen molar-refractivity contribution in [2.45, 2.75) is 72.6 Å². The Labute approximate surface area is 204 Å². The summed E-state index contributed by atoms with van der Waals surface area (Å²) in [5.41, 5.74) is 2.79. The Morgan fingerprint density at radius 2 is 1.71 bits per heavy atom. The molecule has 0 aromatic rings. The smallest absolute Gasteiger partial charge is 0.331 e. The van der Waals surface area contributed by atoms with Gasteiger partial charge in [-0.3, -0.25) is 14.4 Å². The highest BCUT2D eigenvalue weighted by atomic mass is 16.7. The van der Waals surface area contributed by atoms with Crippen LogP contribution in [-0.2, 0) is 42.9 Å². The number of hydrogen-bond donors (Lipinski definition) is 0. The normalized spacial score (nSPS) is 28.9. The summed E-state index contributed by atoms with van der Waals surface area (Å²) in [6, 6.07) is 0. The van der Waals surface area contributed by atoms with E-state index < -0.39 is 54.4 Å². The largest absolute Gasteiger partial charge is 0.462 e. The molecule has 3 aliphatic rings. The van der Waals surface area contributed by atoms with Crippen LogP contribution in [-0.4, -0.2) is 48.5 Å². The van der Waals surface area contributed by atoms with Gasteiger partial charge in [-0.2, -0.15) is 0 Å². The van der Waals surface area contributed by atoms with Crippen LogP contribution >= 0.6 is 0 Å². The summed E-state index contributed by atoms with van der Waals surface area (Å²) in [6.45, 7) is 13.5. The van der Waals surface area contributed by atoms with Gasteiger partial charge >= 0.3 is 23.9 Å². The number of allylic oxidation sites excluding steroid dienone is 1. The average Bonchev–Trinajstić information content (AvgIpc) is 2.71. The molecule has 1 aliphatic carbocycles. The van der Waals surface area contributed by atoms with Crippen LogP contribution in [0.5, 0.6) is 0 Å². The van der Waals surface area contributed by atoms with E-state index in [0.717, 1.165) is 11.1 Å². The predicted molar refractivity (Wildman–Crippen MR) is 123 cm³/mol. The summed E-state index contributed by atoms with van der Waals surface area (Å²) in [4.78, 5) is 47.9. The summed E-state index contributed by atoms with van der Waals surface area (Å²) < 4.78 is 28.1. The second kappa shape index (κ2) is 10.5. The first-order chi connectivity index (χ1) is 16.4. The Hall–Kier alpha value is -3.36. The molecule has 2 aliphatic heterocycles. The number of ether oxygens (including phenoxy) is 5. The van der Waals surface area contributed by atoms with Crippen LogP contribution < -0.4 is 0 Å². The van der Waals surface area contributed by atoms with Gasteiger partial charge in [-0.15, -0.1) is 0 Å². The maximum Gasteiger partial charge on any atom is 0.331 e. The molecule has 0 spiro atoms. The van der Waals surface area contributed by atoms with E-state index in [1.54, 1.807) is 6.08 Å². The fourth-order valence-electron chi connectivity index (χ4n) is 5.06. The lowest BCUT2D eigenvalue weighted by Crippen LogP contribution is -2.52. The topological polar surface area (TPSA) is 114 Å². The lowest BCUT2D eigenvalue weighted by molar-refractivity contribution is -0.188. The van der Waals surface area contributed by atoms with Crippen molar-refractivity contribution >= 4 is 23.9 Å². The van der Waals surface area contributed by atoms with Crippen LogP contribution in [0, 0.1) is 17.8 Å². The number of carbonyl (C=O) groups excluding carboxylic acids is 4. The summed E-state index contributed by atoms with van der Waals surface area (Å²) in [5.74, 6) is -3.23. The zero-order valence-corrected chi connectivity index (χ0v) is 20.9. The lowest BCUT2D eigenvalue weighted by Gasteiger charge is -2.49. The standard InChI is InChI=1S/C26H32O9/c1-12(2)8-21(32-15(5)27)25(33-16(6)28)20-11-31-26(34-17(7)29)23-14(4)24-18(10-19(20)23)13(3)9-22(30)35-24/h8-9,11,18-19,21,23-26H,4,10H2,1-3,5-7H3/t18-,19+,21?,23?,24-,25?,26?/m1/s1. The highest BCUT2D eigenvalue weighted by molar-refractivity contribution is 5.84. The van der Waals surface area contributed by atoms with Crippen molar-refractivity contribution < 1.29 is 42.9 Å². The zero-order valence-electron chi connectivity index (χ0n) is 20.9. The molecular formula is C26H32O9. The molecule has 0 aromatic heterocycles. The zero-order chi connectivity index (χ0) is 26.0. The number of esters is 4. The van der Waals surface area contributed by atoms with Crippen LogP contribution in [0.3, 0.4) is 0 Å². The SMILES string of the molecule is C=C1C2C(OC(C)=O)OC=C(C(OC(C)=O)C(C=C(C)C)OC(C)=O)[C@@H]2C[C@@H]2C(C)=CC(=O)O[C@H]12. The van der Waals surface area contributed by atoms with Gasteiger partial charge in [0.15, 0.2) is 12.2 Å². The van der Waals surface area contributed by atoms with Crippen molar-refractivity contribution in [2.75, 3.05) is 0 Å². The maximum absolute atomic E-state index is 12.1. The van der Waals surface area contributed by atoms with Crippen molar-refractivity contribution in [3.8, 4) is 0 Å². The molecule has 2 heterocycles. The Morgan fingerprint density at radius 3 is 2.29 bits per heavy atom. The van der Waals surface area contributed by atoms with E-state index in [9.17, 15) is 19.2 Å². The number of hydrogen-bond acceptors (Lipinski definition) is 9. The first-order valence-corrected chi connectivity index (χ1v) is 11.5.